The summed E-state index contributed by atoms with van der Waals surface area (Å²) in [5.41, 5.74) is 1.51. The van der Waals surface area contributed by atoms with Crippen molar-refractivity contribution in [2.75, 3.05) is 17.7 Å². The molecule has 0 aliphatic heterocycles. The van der Waals surface area contributed by atoms with Crippen LogP contribution in [0.2, 0.25) is 5.02 Å². The van der Waals surface area contributed by atoms with E-state index in [1.54, 1.807) is 42.5 Å². The maximum Gasteiger partial charge on any atom is 0.257 e. The van der Waals surface area contributed by atoms with Crippen LogP contribution in [-0.4, -0.2) is 18.9 Å². The molecule has 0 aromatic heterocycles. The number of rotatable bonds is 7. The Morgan fingerprint density at radius 2 is 1.88 bits per heavy atom. The van der Waals surface area contributed by atoms with Crippen LogP contribution >= 0.6 is 11.6 Å². The molecule has 0 saturated carbocycles. The van der Waals surface area contributed by atoms with E-state index in [4.69, 9.17) is 16.3 Å². The van der Waals surface area contributed by atoms with E-state index in [-0.39, 0.29) is 11.8 Å². The minimum absolute atomic E-state index is 0.0620. The minimum Gasteiger partial charge on any atom is -0.494 e. The van der Waals surface area contributed by atoms with Gasteiger partial charge >= 0.3 is 0 Å². The predicted molar refractivity (Wildman–Crippen MR) is 101 cm³/mol. The summed E-state index contributed by atoms with van der Waals surface area (Å²) in [7, 11) is 1.51. The lowest BCUT2D eigenvalue weighted by atomic mass is 10.2. The molecule has 2 aromatic rings. The van der Waals surface area contributed by atoms with Crippen molar-refractivity contribution in [3.63, 3.8) is 0 Å². The first-order valence-corrected chi connectivity index (χ1v) is 8.46. The number of hydrogen-bond acceptors (Lipinski definition) is 3. The molecule has 5 nitrogen and oxygen atoms in total. The molecule has 25 heavy (non-hydrogen) atoms. The van der Waals surface area contributed by atoms with E-state index in [1.165, 1.54) is 7.11 Å². The highest BCUT2D eigenvalue weighted by atomic mass is 35.5. The largest absolute Gasteiger partial charge is 0.494 e. The summed E-state index contributed by atoms with van der Waals surface area (Å²) < 4.78 is 5.31. The highest BCUT2D eigenvalue weighted by Crippen LogP contribution is 2.29. The Bertz CT molecular complexity index is 762. The SMILES string of the molecule is CCCCC(=O)Nc1ccc(NC(=O)c2ccccc2Cl)cc1OC. The number of carbonyl (C=O) groups excluding carboxylic acids is 2. The molecule has 6 heteroatoms. The number of halogens is 1. The highest BCUT2D eigenvalue weighted by Gasteiger charge is 2.12. The smallest absolute Gasteiger partial charge is 0.257 e. The van der Waals surface area contributed by atoms with Gasteiger partial charge in [0.15, 0.2) is 0 Å². The Kier molecular flexibility index (Phi) is 6.83. The maximum atomic E-state index is 12.3. The average Bonchev–Trinajstić information content (AvgIpc) is 2.61. The van der Waals surface area contributed by atoms with Crippen LogP contribution in [0.25, 0.3) is 0 Å². The normalized spacial score (nSPS) is 10.2. The zero-order valence-corrected chi connectivity index (χ0v) is 15.0. The molecule has 132 valence electrons. The third-order valence-electron chi connectivity index (χ3n) is 3.61. The van der Waals surface area contributed by atoms with E-state index in [0.717, 1.165) is 12.8 Å². The minimum atomic E-state index is -0.313. The Labute approximate surface area is 152 Å². The molecule has 0 aliphatic carbocycles. The number of anilines is 2. The van der Waals surface area contributed by atoms with E-state index < -0.39 is 0 Å². The number of amides is 2. The number of unbranched alkanes of at least 4 members (excludes halogenated alkanes) is 1. The van der Waals surface area contributed by atoms with Crippen LogP contribution in [0.15, 0.2) is 42.5 Å². The summed E-state index contributed by atoms with van der Waals surface area (Å²) in [5, 5.41) is 5.97. The zero-order chi connectivity index (χ0) is 18.2. The van der Waals surface area contributed by atoms with Crippen molar-refractivity contribution in [2.45, 2.75) is 26.2 Å². The van der Waals surface area contributed by atoms with E-state index in [0.29, 0.717) is 34.1 Å². The summed E-state index contributed by atoms with van der Waals surface area (Å²) in [6.45, 7) is 2.03. The fraction of sp³-hybridized carbons (Fsp3) is 0.263. The van der Waals surface area contributed by atoms with Gasteiger partial charge in [0.05, 0.1) is 23.4 Å². The number of nitrogens with one attached hydrogen (secondary N) is 2. The molecule has 0 unspecified atom stereocenters. The standard InChI is InChI=1S/C19H21ClN2O3/c1-3-4-9-18(23)22-16-11-10-13(12-17(16)25-2)21-19(24)14-7-5-6-8-15(14)20/h5-8,10-12H,3-4,9H2,1-2H3,(H,21,24)(H,22,23). The molecule has 2 amide bonds. The number of benzene rings is 2. The number of carbonyl (C=O) groups is 2. The third kappa shape index (κ3) is 5.22. The molecule has 0 fully saturated rings. The molecule has 0 heterocycles. The first kappa shape index (κ1) is 18.8. The van der Waals surface area contributed by atoms with Gasteiger partial charge in [-0.05, 0) is 30.7 Å². The zero-order valence-electron chi connectivity index (χ0n) is 14.3. The van der Waals surface area contributed by atoms with Crippen molar-refractivity contribution in [1.82, 2.24) is 0 Å². The first-order valence-electron chi connectivity index (χ1n) is 8.09. The van der Waals surface area contributed by atoms with Gasteiger partial charge < -0.3 is 15.4 Å². The second-order valence-electron chi connectivity index (χ2n) is 5.50. The second kappa shape index (κ2) is 9.08. The van der Waals surface area contributed by atoms with Crippen LogP contribution in [0.3, 0.4) is 0 Å². The number of hydrogen-bond donors (Lipinski definition) is 2. The van der Waals surface area contributed by atoms with Crippen LogP contribution in [0.4, 0.5) is 11.4 Å². The molecule has 0 aliphatic rings. The summed E-state index contributed by atoms with van der Waals surface area (Å²) in [6, 6.07) is 11.9. The van der Waals surface area contributed by atoms with Gasteiger partial charge in [0, 0.05) is 18.2 Å². The van der Waals surface area contributed by atoms with Crippen LogP contribution < -0.4 is 15.4 Å². The Balaban J connectivity index is 2.11. The topological polar surface area (TPSA) is 67.4 Å². The van der Waals surface area contributed by atoms with Gasteiger partial charge in [0.2, 0.25) is 5.91 Å². The van der Waals surface area contributed by atoms with Crippen LogP contribution in [0.1, 0.15) is 36.5 Å². The van der Waals surface area contributed by atoms with Gasteiger partial charge in [0.25, 0.3) is 5.91 Å². The molecule has 0 atom stereocenters. The molecular weight excluding hydrogens is 340 g/mol. The lowest BCUT2D eigenvalue weighted by Crippen LogP contribution is -2.14. The Morgan fingerprint density at radius 3 is 2.56 bits per heavy atom. The molecule has 0 bridgehead atoms. The van der Waals surface area contributed by atoms with Crippen molar-refractivity contribution in [2.24, 2.45) is 0 Å². The van der Waals surface area contributed by atoms with Gasteiger partial charge in [-0.25, -0.2) is 0 Å². The number of ether oxygens (including phenoxy) is 1. The third-order valence-corrected chi connectivity index (χ3v) is 3.94. The van der Waals surface area contributed by atoms with E-state index >= 15 is 0 Å². The maximum absolute atomic E-state index is 12.3. The van der Waals surface area contributed by atoms with E-state index in [2.05, 4.69) is 10.6 Å². The van der Waals surface area contributed by atoms with Crippen molar-refractivity contribution < 1.29 is 14.3 Å². The van der Waals surface area contributed by atoms with Gasteiger partial charge in [-0.2, -0.15) is 0 Å². The van der Waals surface area contributed by atoms with Gasteiger partial charge in [-0.3, -0.25) is 9.59 Å². The Hall–Kier alpha value is -2.53. The monoisotopic (exact) mass is 360 g/mol. The molecule has 2 N–H and O–H groups in total. The van der Waals surface area contributed by atoms with E-state index in [9.17, 15) is 9.59 Å². The molecule has 2 aromatic carbocycles. The average molecular weight is 361 g/mol. The highest BCUT2D eigenvalue weighted by molar-refractivity contribution is 6.34. The van der Waals surface area contributed by atoms with Gasteiger partial charge in [-0.15, -0.1) is 0 Å². The second-order valence-corrected chi connectivity index (χ2v) is 5.91. The molecule has 0 radical (unpaired) electrons. The lowest BCUT2D eigenvalue weighted by Gasteiger charge is -2.13. The summed E-state index contributed by atoms with van der Waals surface area (Å²) in [6.07, 6.45) is 2.25. The fourth-order valence-corrected chi connectivity index (χ4v) is 2.49. The number of methoxy groups -OCH3 is 1. The molecular formula is C19H21ClN2O3. The fourth-order valence-electron chi connectivity index (χ4n) is 2.27. The summed E-state index contributed by atoms with van der Waals surface area (Å²) in [5.74, 6) is 0.0993. The van der Waals surface area contributed by atoms with Crippen molar-refractivity contribution in [1.29, 1.82) is 0 Å². The van der Waals surface area contributed by atoms with Crippen LogP contribution in [0.5, 0.6) is 5.75 Å². The quantitative estimate of drug-likeness (QED) is 0.750. The van der Waals surface area contributed by atoms with Crippen molar-refractivity contribution in [3.8, 4) is 5.75 Å². The van der Waals surface area contributed by atoms with E-state index in [1.807, 2.05) is 6.92 Å². The van der Waals surface area contributed by atoms with Crippen molar-refractivity contribution in [3.05, 3.63) is 53.1 Å². The van der Waals surface area contributed by atoms with Crippen molar-refractivity contribution >= 4 is 34.8 Å². The molecule has 2 rings (SSSR count). The summed E-state index contributed by atoms with van der Waals surface area (Å²) >= 11 is 6.04. The first-order chi connectivity index (χ1) is 12.0. The predicted octanol–water partition coefficient (Wildman–Crippen LogP) is 4.73. The van der Waals surface area contributed by atoms with Crippen LogP contribution in [0, 0.1) is 0 Å². The summed E-state index contributed by atoms with van der Waals surface area (Å²) in [4.78, 5) is 24.2. The molecule has 0 saturated heterocycles. The van der Waals surface area contributed by atoms with Gasteiger partial charge in [-0.1, -0.05) is 37.1 Å². The Morgan fingerprint density at radius 1 is 1.12 bits per heavy atom. The van der Waals surface area contributed by atoms with Gasteiger partial charge in [0.1, 0.15) is 5.75 Å². The van der Waals surface area contributed by atoms with Crippen LogP contribution in [-0.2, 0) is 4.79 Å². The molecule has 0 spiro atoms. The lowest BCUT2D eigenvalue weighted by molar-refractivity contribution is -0.116.